The molecule has 1 aromatic heterocycles. The summed E-state index contributed by atoms with van der Waals surface area (Å²) in [6, 6.07) is 0. The van der Waals surface area contributed by atoms with Gasteiger partial charge in [0.1, 0.15) is 5.82 Å². The first-order valence-corrected chi connectivity index (χ1v) is 5.32. The largest absolute Gasteiger partial charge is 0.395 e. The molecule has 0 radical (unpaired) electrons. The van der Waals surface area contributed by atoms with Crippen LogP contribution >= 0.6 is 0 Å². The van der Waals surface area contributed by atoms with E-state index in [0.717, 1.165) is 17.5 Å². The van der Waals surface area contributed by atoms with Gasteiger partial charge >= 0.3 is 6.55 Å². The molecule has 0 unspecified atom stereocenters. The SMILES string of the molecule is CCCN(CCO)Cc1nccn1C(F)F. The van der Waals surface area contributed by atoms with Crippen molar-refractivity contribution in [2.75, 3.05) is 19.7 Å². The van der Waals surface area contributed by atoms with Crippen LogP contribution in [0.3, 0.4) is 0 Å². The summed E-state index contributed by atoms with van der Waals surface area (Å²) in [7, 11) is 0. The molecule has 0 aliphatic rings. The highest BCUT2D eigenvalue weighted by Gasteiger charge is 2.14. The molecule has 1 heterocycles. The fraction of sp³-hybridized carbons (Fsp3) is 0.700. The lowest BCUT2D eigenvalue weighted by Crippen LogP contribution is -2.28. The summed E-state index contributed by atoms with van der Waals surface area (Å²) in [6.07, 6.45) is 3.54. The molecule has 0 aromatic carbocycles. The predicted octanol–water partition coefficient (Wildman–Crippen LogP) is 1.48. The summed E-state index contributed by atoms with van der Waals surface area (Å²) in [5.41, 5.74) is 0. The molecule has 0 aliphatic carbocycles. The van der Waals surface area contributed by atoms with Crippen LogP contribution in [0.2, 0.25) is 0 Å². The molecule has 0 saturated carbocycles. The van der Waals surface area contributed by atoms with E-state index in [4.69, 9.17) is 5.11 Å². The van der Waals surface area contributed by atoms with Crippen molar-refractivity contribution in [3.8, 4) is 0 Å². The van der Waals surface area contributed by atoms with Crippen molar-refractivity contribution < 1.29 is 13.9 Å². The first-order chi connectivity index (χ1) is 7.69. The summed E-state index contributed by atoms with van der Waals surface area (Å²) in [5, 5.41) is 8.85. The third kappa shape index (κ3) is 3.53. The number of nitrogens with zero attached hydrogens (tertiary/aromatic N) is 3. The Morgan fingerprint density at radius 2 is 2.25 bits per heavy atom. The van der Waals surface area contributed by atoms with Crippen LogP contribution in [0.25, 0.3) is 0 Å². The Balaban J connectivity index is 2.64. The second-order valence-electron chi connectivity index (χ2n) is 3.53. The van der Waals surface area contributed by atoms with Gasteiger partial charge in [0.25, 0.3) is 0 Å². The molecule has 0 fully saturated rings. The highest BCUT2D eigenvalue weighted by Crippen LogP contribution is 2.13. The molecule has 0 saturated heterocycles. The van der Waals surface area contributed by atoms with Gasteiger partial charge < -0.3 is 5.11 Å². The Hall–Kier alpha value is -1.01. The van der Waals surface area contributed by atoms with E-state index in [1.165, 1.54) is 12.4 Å². The summed E-state index contributed by atoms with van der Waals surface area (Å²) in [6.45, 7) is 1.04. The van der Waals surface area contributed by atoms with E-state index in [9.17, 15) is 8.78 Å². The van der Waals surface area contributed by atoms with Gasteiger partial charge in [-0.25, -0.2) is 4.98 Å². The molecule has 0 bridgehead atoms. The van der Waals surface area contributed by atoms with Gasteiger partial charge in [0, 0.05) is 18.9 Å². The van der Waals surface area contributed by atoms with Crippen LogP contribution in [0.15, 0.2) is 12.4 Å². The number of hydrogen-bond donors (Lipinski definition) is 1. The Morgan fingerprint density at radius 3 is 2.81 bits per heavy atom. The van der Waals surface area contributed by atoms with Crippen molar-refractivity contribution in [3.63, 3.8) is 0 Å². The number of halogens is 2. The van der Waals surface area contributed by atoms with Crippen LogP contribution in [-0.4, -0.2) is 39.3 Å². The van der Waals surface area contributed by atoms with Gasteiger partial charge in [0.15, 0.2) is 0 Å². The van der Waals surface area contributed by atoms with Gasteiger partial charge in [-0.05, 0) is 13.0 Å². The van der Waals surface area contributed by atoms with Crippen molar-refractivity contribution in [2.24, 2.45) is 0 Å². The Labute approximate surface area is 93.5 Å². The second kappa shape index (κ2) is 6.55. The normalized spacial score (nSPS) is 11.6. The second-order valence-corrected chi connectivity index (χ2v) is 3.53. The van der Waals surface area contributed by atoms with E-state index in [0.29, 0.717) is 18.9 Å². The molecule has 92 valence electrons. The van der Waals surface area contributed by atoms with E-state index < -0.39 is 6.55 Å². The third-order valence-corrected chi connectivity index (χ3v) is 2.28. The minimum atomic E-state index is -2.56. The lowest BCUT2D eigenvalue weighted by molar-refractivity contribution is 0.0632. The maximum atomic E-state index is 12.5. The molecule has 1 aromatic rings. The van der Waals surface area contributed by atoms with Gasteiger partial charge in [0.05, 0.1) is 13.2 Å². The lowest BCUT2D eigenvalue weighted by atomic mass is 10.4. The number of aliphatic hydroxyl groups is 1. The van der Waals surface area contributed by atoms with Crippen molar-refractivity contribution in [3.05, 3.63) is 18.2 Å². The fourth-order valence-electron chi connectivity index (χ4n) is 1.57. The highest BCUT2D eigenvalue weighted by atomic mass is 19.3. The summed E-state index contributed by atoms with van der Waals surface area (Å²) in [5.74, 6) is 0.330. The zero-order valence-corrected chi connectivity index (χ0v) is 9.31. The summed E-state index contributed by atoms with van der Waals surface area (Å²) in [4.78, 5) is 5.81. The minimum absolute atomic E-state index is 0.0232. The third-order valence-electron chi connectivity index (χ3n) is 2.28. The molecule has 0 atom stereocenters. The molecule has 1 N–H and O–H groups in total. The highest BCUT2D eigenvalue weighted by molar-refractivity contribution is 4.92. The zero-order chi connectivity index (χ0) is 12.0. The van der Waals surface area contributed by atoms with Crippen molar-refractivity contribution in [1.82, 2.24) is 14.5 Å². The number of aromatic nitrogens is 2. The van der Waals surface area contributed by atoms with E-state index in [1.54, 1.807) is 0 Å². The van der Waals surface area contributed by atoms with Crippen LogP contribution < -0.4 is 0 Å². The van der Waals surface area contributed by atoms with Crippen LogP contribution in [-0.2, 0) is 6.54 Å². The Bertz CT molecular complexity index is 298. The van der Waals surface area contributed by atoms with Gasteiger partial charge in [-0.2, -0.15) is 8.78 Å². The summed E-state index contributed by atoms with van der Waals surface area (Å²) >= 11 is 0. The monoisotopic (exact) mass is 233 g/mol. The van der Waals surface area contributed by atoms with Gasteiger partial charge in [-0.15, -0.1) is 0 Å². The van der Waals surface area contributed by atoms with E-state index in [2.05, 4.69) is 4.98 Å². The Kier molecular flexibility index (Phi) is 5.34. The lowest BCUT2D eigenvalue weighted by Gasteiger charge is -2.20. The first kappa shape index (κ1) is 13.1. The Morgan fingerprint density at radius 1 is 1.50 bits per heavy atom. The van der Waals surface area contributed by atoms with Gasteiger partial charge in [-0.3, -0.25) is 9.47 Å². The molecule has 1 rings (SSSR count). The van der Waals surface area contributed by atoms with E-state index in [-0.39, 0.29) is 6.61 Å². The van der Waals surface area contributed by atoms with E-state index >= 15 is 0 Å². The van der Waals surface area contributed by atoms with E-state index in [1.807, 2.05) is 11.8 Å². The molecule has 0 spiro atoms. The average Bonchev–Trinajstić information content (AvgIpc) is 2.66. The van der Waals surface area contributed by atoms with Crippen molar-refractivity contribution >= 4 is 0 Å². The first-order valence-electron chi connectivity index (χ1n) is 5.32. The van der Waals surface area contributed by atoms with Crippen LogP contribution in [0.1, 0.15) is 25.7 Å². The molecule has 0 amide bonds. The topological polar surface area (TPSA) is 41.3 Å². The van der Waals surface area contributed by atoms with Crippen LogP contribution in [0.4, 0.5) is 8.78 Å². The summed E-state index contributed by atoms with van der Waals surface area (Å²) < 4.78 is 25.9. The minimum Gasteiger partial charge on any atom is -0.395 e. The molecular weight excluding hydrogens is 216 g/mol. The van der Waals surface area contributed by atoms with Crippen LogP contribution in [0, 0.1) is 0 Å². The molecule has 0 aliphatic heterocycles. The molecule has 16 heavy (non-hydrogen) atoms. The molecule has 4 nitrogen and oxygen atoms in total. The fourth-order valence-corrected chi connectivity index (χ4v) is 1.57. The van der Waals surface area contributed by atoms with Crippen molar-refractivity contribution in [2.45, 2.75) is 26.4 Å². The molecule has 6 heteroatoms. The van der Waals surface area contributed by atoms with Gasteiger partial charge in [0.2, 0.25) is 0 Å². The number of imidazole rings is 1. The number of alkyl halides is 2. The van der Waals surface area contributed by atoms with Crippen molar-refractivity contribution in [1.29, 1.82) is 0 Å². The maximum absolute atomic E-state index is 12.5. The predicted molar refractivity (Wildman–Crippen MR) is 56.1 cm³/mol. The zero-order valence-electron chi connectivity index (χ0n) is 9.31. The number of aliphatic hydroxyl groups excluding tert-OH is 1. The number of rotatable bonds is 7. The standard InChI is InChI=1S/C10H17F2N3O/c1-2-4-14(6-7-16)8-9-13-3-5-15(9)10(11)12/h3,5,10,16H,2,4,6-8H2,1H3. The van der Waals surface area contributed by atoms with Gasteiger partial charge in [-0.1, -0.05) is 6.92 Å². The van der Waals surface area contributed by atoms with Crippen LogP contribution in [0.5, 0.6) is 0 Å². The average molecular weight is 233 g/mol. The maximum Gasteiger partial charge on any atom is 0.319 e. The smallest absolute Gasteiger partial charge is 0.319 e. The quantitative estimate of drug-likeness (QED) is 0.775. The number of hydrogen-bond acceptors (Lipinski definition) is 3. The molecular formula is C10H17F2N3O.